The fraction of sp³-hybridized carbons (Fsp3) is 0.400. The lowest BCUT2D eigenvalue weighted by molar-refractivity contribution is -0.385. The van der Waals surface area contributed by atoms with Gasteiger partial charge in [-0.05, 0) is 35.3 Å². The number of nitrogens with zero attached hydrogens (tertiary/aromatic N) is 1. The summed E-state index contributed by atoms with van der Waals surface area (Å²) in [5.41, 5.74) is 0.526. The van der Waals surface area contributed by atoms with Crippen LogP contribution >= 0.6 is 15.9 Å². The highest BCUT2D eigenvalue weighted by Crippen LogP contribution is 2.31. The number of hydrogen-bond acceptors (Lipinski definition) is 4. The van der Waals surface area contributed by atoms with Gasteiger partial charge in [-0.25, -0.2) is 8.42 Å². The van der Waals surface area contributed by atoms with Crippen LogP contribution in [0.4, 0.5) is 11.4 Å². The first-order valence-corrected chi connectivity index (χ1v) is 7.66. The number of sulfonamides is 1. The Morgan fingerprint density at radius 1 is 1.44 bits per heavy atom. The predicted octanol–water partition coefficient (Wildman–Crippen LogP) is 2.82. The third kappa shape index (κ3) is 3.67. The van der Waals surface area contributed by atoms with Gasteiger partial charge < -0.3 is 0 Å². The molecule has 6 nitrogen and oxygen atoms in total. The SMILES string of the molecule is CCCS(=O)(=O)Nc1cc([N+](=O)[O-])c(C)cc1Br. The van der Waals surface area contributed by atoms with Crippen molar-refractivity contribution in [1.82, 2.24) is 0 Å². The summed E-state index contributed by atoms with van der Waals surface area (Å²) in [4.78, 5) is 10.2. The van der Waals surface area contributed by atoms with Gasteiger partial charge in [0.05, 0.1) is 16.4 Å². The van der Waals surface area contributed by atoms with Gasteiger partial charge in [0.15, 0.2) is 0 Å². The highest BCUT2D eigenvalue weighted by molar-refractivity contribution is 9.10. The summed E-state index contributed by atoms with van der Waals surface area (Å²) in [5, 5.41) is 10.8. The zero-order valence-corrected chi connectivity index (χ0v) is 12.3. The molecule has 0 unspecified atom stereocenters. The van der Waals surface area contributed by atoms with Crippen LogP contribution in [0, 0.1) is 17.0 Å². The molecule has 1 aromatic carbocycles. The van der Waals surface area contributed by atoms with Crippen molar-refractivity contribution in [3.05, 3.63) is 32.3 Å². The Balaban J connectivity index is 3.18. The van der Waals surface area contributed by atoms with E-state index in [0.29, 0.717) is 16.5 Å². The summed E-state index contributed by atoms with van der Waals surface area (Å²) in [6, 6.07) is 2.73. The molecule has 0 heterocycles. The maximum absolute atomic E-state index is 11.6. The molecule has 0 aromatic heterocycles. The Morgan fingerprint density at radius 2 is 2.06 bits per heavy atom. The summed E-state index contributed by atoms with van der Waals surface area (Å²) in [5.74, 6) is -0.0267. The van der Waals surface area contributed by atoms with Crippen molar-refractivity contribution in [2.75, 3.05) is 10.5 Å². The molecule has 0 saturated heterocycles. The van der Waals surface area contributed by atoms with E-state index in [4.69, 9.17) is 0 Å². The molecule has 18 heavy (non-hydrogen) atoms. The Morgan fingerprint density at radius 3 is 2.56 bits per heavy atom. The lowest BCUT2D eigenvalue weighted by Gasteiger charge is -2.09. The van der Waals surface area contributed by atoms with Crippen molar-refractivity contribution in [2.45, 2.75) is 20.3 Å². The van der Waals surface area contributed by atoms with E-state index in [0.717, 1.165) is 0 Å². The molecular weight excluding hydrogens is 324 g/mol. The molecule has 0 bridgehead atoms. The minimum absolute atomic E-state index is 0.0267. The lowest BCUT2D eigenvalue weighted by Crippen LogP contribution is -2.16. The highest BCUT2D eigenvalue weighted by atomic mass is 79.9. The third-order valence-corrected chi connectivity index (χ3v) is 4.35. The van der Waals surface area contributed by atoms with E-state index in [1.165, 1.54) is 12.1 Å². The van der Waals surface area contributed by atoms with Gasteiger partial charge >= 0.3 is 0 Å². The van der Waals surface area contributed by atoms with E-state index >= 15 is 0 Å². The molecule has 0 atom stereocenters. The zero-order chi connectivity index (χ0) is 13.9. The fourth-order valence-electron chi connectivity index (χ4n) is 1.42. The highest BCUT2D eigenvalue weighted by Gasteiger charge is 2.17. The van der Waals surface area contributed by atoms with Crippen LogP contribution in [0.5, 0.6) is 0 Å². The van der Waals surface area contributed by atoms with Gasteiger partial charge in [-0.2, -0.15) is 0 Å². The van der Waals surface area contributed by atoms with Crippen molar-refractivity contribution >= 4 is 37.3 Å². The number of benzene rings is 1. The lowest BCUT2D eigenvalue weighted by atomic mass is 10.2. The smallest absolute Gasteiger partial charge is 0.274 e. The number of aryl methyl sites for hydroxylation is 1. The molecule has 0 fully saturated rings. The molecule has 0 saturated carbocycles. The maximum atomic E-state index is 11.6. The Hall–Kier alpha value is -1.15. The number of rotatable bonds is 5. The first-order valence-electron chi connectivity index (χ1n) is 5.22. The molecule has 0 aliphatic rings. The van der Waals surface area contributed by atoms with E-state index in [1.54, 1.807) is 13.8 Å². The van der Waals surface area contributed by atoms with Gasteiger partial charge in [0.1, 0.15) is 0 Å². The van der Waals surface area contributed by atoms with Gasteiger partial charge in [-0.15, -0.1) is 0 Å². The topological polar surface area (TPSA) is 89.3 Å². The number of nitro groups is 1. The summed E-state index contributed by atoms with van der Waals surface area (Å²) in [6.07, 6.45) is 0.473. The molecule has 100 valence electrons. The van der Waals surface area contributed by atoms with E-state index < -0.39 is 14.9 Å². The largest absolute Gasteiger partial charge is 0.282 e. The van der Waals surface area contributed by atoms with Gasteiger partial charge in [-0.1, -0.05) is 6.92 Å². The molecule has 8 heteroatoms. The van der Waals surface area contributed by atoms with Crippen LogP contribution in [0.25, 0.3) is 0 Å². The number of halogens is 1. The minimum atomic E-state index is -3.47. The number of nitro benzene ring substituents is 1. The predicted molar refractivity (Wildman–Crippen MR) is 73.2 cm³/mol. The van der Waals surface area contributed by atoms with Gasteiger partial charge in [0.25, 0.3) is 5.69 Å². The van der Waals surface area contributed by atoms with Crippen LogP contribution in [0.15, 0.2) is 16.6 Å². The first-order chi connectivity index (χ1) is 8.26. The minimum Gasteiger partial charge on any atom is -0.282 e. The monoisotopic (exact) mass is 336 g/mol. The molecule has 0 amide bonds. The molecule has 0 aliphatic carbocycles. The van der Waals surface area contributed by atoms with Crippen LogP contribution in [0.3, 0.4) is 0 Å². The molecular formula is C10H13BrN2O4S. The van der Waals surface area contributed by atoms with Crippen molar-refractivity contribution in [1.29, 1.82) is 0 Å². The molecule has 0 aliphatic heterocycles. The Labute approximate surface area is 114 Å². The summed E-state index contributed by atoms with van der Waals surface area (Å²) >= 11 is 3.18. The zero-order valence-electron chi connectivity index (χ0n) is 9.94. The standard InChI is InChI=1S/C10H13BrN2O4S/c1-3-4-18(16,17)12-9-6-10(13(14)15)7(2)5-8(9)11/h5-6,12H,3-4H2,1-2H3. The second-order valence-electron chi connectivity index (χ2n) is 3.80. The Kier molecular flexibility index (Phi) is 4.69. The molecule has 0 spiro atoms. The van der Waals surface area contributed by atoms with Crippen molar-refractivity contribution < 1.29 is 13.3 Å². The number of anilines is 1. The van der Waals surface area contributed by atoms with Crippen LogP contribution in [0.1, 0.15) is 18.9 Å². The van der Waals surface area contributed by atoms with Crippen LogP contribution in [-0.2, 0) is 10.0 Å². The van der Waals surface area contributed by atoms with E-state index in [-0.39, 0.29) is 17.1 Å². The average molecular weight is 337 g/mol. The number of hydrogen-bond donors (Lipinski definition) is 1. The van der Waals surface area contributed by atoms with Gasteiger partial charge in [-0.3, -0.25) is 14.8 Å². The van der Waals surface area contributed by atoms with E-state index in [1.807, 2.05) is 0 Å². The van der Waals surface area contributed by atoms with Crippen molar-refractivity contribution in [3.8, 4) is 0 Å². The molecule has 1 aromatic rings. The third-order valence-electron chi connectivity index (χ3n) is 2.22. The molecule has 1 N–H and O–H groups in total. The summed E-state index contributed by atoms with van der Waals surface area (Å²) < 4.78 is 26.0. The molecule has 0 radical (unpaired) electrons. The van der Waals surface area contributed by atoms with Gasteiger partial charge in [0, 0.05) is 16.1 Å². The average Bonchev–Trinajstić information content (AvgIpc) is 2.21. The second kappa shape index (κ2) is 5.66. The van der Waals surface area contributed by atoms with E-state index in [9.17, 15) is 18.5 Å². The van der Waals surface area contributed by atoms with Crippen LogP contribution in [0.2, 0.25) is 0 Å². The quantitative estimate of drug-likeness (QED) is 0.661. The van der Waals surface area contributed by atoms with Crippen LogP contribution < -0.4 is 4.72 Å². The maximum Gasteiger partial charge on any atom is 0.274 e. The molecule has 1 rings (SSSR count). The first kappa shape index (κ1) is 14.9. The van der Waals surface area contributed by atoms with E-state index in [2.05, 4.69) is 20.7 Å². The van der Waals surface area contributed by atoms with Gasteiger partial charge in [0.2, 0.25) is 10.0 Å². The summed E-state index contributed by atoms with van der Waals surface area (Å²) in [6.45, 7) is 3.33. The van der Waals surface area contributed by atoms with Crippen LogP contribution in [-0.4, -0.2) is 19.1 Å². The second-order valence-corrected chi connectivity index (χ2v) is 6.49. The number of nitrogens with one attached hydrogen (secondary N) is 1. The van der Waals surface area contributed by atoms with Crippen molar-refractivity contribution in [2.24, 2.45) is 0 Å². The Bertz CT molecular complexity index is 571. The normalized spacial score (nSPS) is 11.3. The summed E-state index contributed by atoms with van der Waals surface area (Å²) in [7, 11) is -3.47. The van der Waals surface area contributed by atoms with Crippen molar-refractivity contribution in [3.63, 3.8) is 0 Å². The fourth-order valence-corrected chi connectivity index (χ4v) is 3.26.